The highest BCUT2D eigenvalue weighted by Gasteiger charge is 2.11. The molecule has 1 amide bonds. The molecule has 134 valence electrons. The van der Waals surface area contributed by atoms with Gasteiger partial charge < -0.3 is 14.7 Å². The second kappa shape index (κ2) is 9.27. The molecule has 25 heavy (non-hydrogen) atoms. The topological polar surface area (TPSA) is 84.1 Å². The smallest absolute Gasteiger partial charge is 0.227 e. The van der Waals surface area contributed by atoms with Gasteiger partial charge in [-0.25, -0.2) is 0 Å². The molecule has 7 heteroatoms. The number of piperidine rings is 1. The van der Waals surface area contributed by atoms with Crippen molar-refractivity contribution in [3.05, 3.63) is 30.4 Å². The Kier molecular flexibility index (Phi) is 6.50. The highest BCUT2D eigenvalue weighted by atomic mass is 16.5. The molecule has 0 spiro atoms. The summed E-state index contributed by atoms with van der Waals surface area (Å²) in [6.45, 7) is 4.19. The van der Waals surface area contributed by atoms with Crippen LogP contribution in [0.3, 0.4) is 0 Å². The quantitative estimate of drug-likeness (QED) is 0.739. The van der Waals surface area contributed by atoms with Crippen molar-refractivity contribution in [2.45, 2.75) is 38.5 Å². The summed E-state index contributed by atoms with van der Waals surface area (Å²) in [7, 11) is 0. The molecule has 1 N–H and O–H groups in total. The van der Waals surface area contributed by atoms with Crippen LogP contribution >= 0.6 is 0 Å². The lowest BCUT2D eigenvalue weighted by Crippen LogP contribution is -2.33. The van der Waals surface area contributed by atoms with Crippen molar-refractivity contribution in [3.63, 3.8) is 0 Å². The molecule has 3 rings (SSSR count). The van der Waals surface area contributed by atoms with Crippen molar-refractivity contribution in [2.75, 3.05) is 26.2 Å². The van der Waals surface area contributed by atoms with Gasteiger partial charge in [-0.1, -0.05) is 11.6 Å². The first-order valence-corrected chi connectivity index (χ1v) is 9.03. The average molecular weight is 343 g/mol. The van der Waals surface area contributed by atoms with Crippen molar-refractivity contribution in [1.82, 2.24) is 25.3 Å². The lowest BCUT2D eigenvalue weighted by atomic mass is 10.1. The number of hydrogen-bond acceptors (Lipinski definition) is 6. The molecule has 3 heterocycles. The molecule has 0 bridgehead atoms. The third-order valence-corrected chi connectivity index (χ3v) is 4.39. The van der Waals surface area contributed by atoms with Crippen LogP contribution in [0, 0.1) is 0 Å². The molecular formula is C18H25N5O2. The summed E-state index contributed by atoms with van der Waals surface area (Å²) in [5, 5.41) is 6.91. The molecular weight excluding hydrogens is 318 g/mol. The Morgan fingerprint density at radius 3 is 2.80 bits per heavy atom. The van der Waals surface area contributed by atoms with E-state index in [1.54, 1.807) is 12.4 Å². The third kappa shape index (κ3) is 5.63. The van der Waals surface area contributed by atoms with Crippen molar-refractivity contribution < 1.29 is 9.32 Å². The molecule has 1 aliphatic rings. The number of likely N-dealkylation sites (tertiary alicyclic amines) is 1. The zero-order chi connectivity index (χ0) is 17.3. The van der Waals surface area contributed by atoms with E-state index in [0.717, 1.165) is 25.1 Å². The lowest BCUT2D eigenvalue weighted by molar-refractivity contribution is -0.121. The van der Waals surface area contributed by atoms with Gasteiger partial charge >= 0.3 is 0 Å². The first kappa shape index (κ1) is 17.5. The van der Waals surface area contributed by atoms with Crippen LogP contribution in [0.25, 0.3) is 11.4 Å². The minimum Gasteiger partial charge on any atom is -0.356 e. The zero-order valence-electron chi connectivity index (χ0n) is 14.5. The summed E-state index contributed by atoms with van der Waals surface area (Å²) in [6, 6.07) is 3.65. The van der Waals surface area contributed by atoms with E-state index in [-0.39, 0.29) is 5.91 Å². The van der Waals surface area contributed by atoms with Gasteiger partial charge in [0.15, 0.2) is 0 Å². The number of aromatic nitrogens is 3. The largest absolute Gasteiger partial charge is 0.356 e. The summed E-state index contributed by atoms with van der Waals surface area (Å²) in [4.78, 5) is 22.7. The predicted molar refractivity (Wildman–Crippen MR) is 93.8 cm³/mol. The number of pyridine rings is 1. The maximum Gasteiger partial charge on any atom is 0.227 e. The molecule has 1 aliphatic heterocycles. The molecule has 0 aromatic carbocycles. The minimum atomic E-state index is 0.0299. The maximum absolute atomic E-state index is 11.9. The van der Waals surface area contributed by atoms with Crippen molar-refractivity contribution in [1.29, 1.82) is 0 Å². The Morgan fingerprint density at radius 1 is 1.20 bits per heavy atom. The number of rotatable bonds is 8. The van der Waals surface area contributed by atoms with E-state index < -0.39 is 0 Å². The van der Waals surface area contributed by atoms with E-state index in [4.69, 9.17) is 4.52 Å². The fourth-order valence-electron chi connectivity index (χ4n) is 3.00. The fraction of sp³-hybridized carbons (Fsp3) is 0.556. The van der Waals surface area contributed by atoms with Gasteiger partial charge in [-0.3, -0.25) is 9.78 Å². The van der Waals surface area contributed by atoms with Crippen LogP contribution in [0.15, 0.2) is 29.0 Å². The van der Waals surface area contributed by atoms with E-state index in [9.17, 15) is 4.79 Å². The van der Waals surface area contributed by atoms with Crippen LogP contribution in [0.5, 0.6) is 0 Å². The Bertz CT molecular complexity index is 652. The second-order valence-corrected chi connectivity index (χ2v) is 6.35. The SMILES string of the molecule is O=C(CCc1nc(-c2ccncc2)no1)NCCCN1CCCCC1. The Hall–Kier alpha value is -2.28. The van der Waals surface area contributed by atoms with Gasteiger partial charge in [0.05, 0.1) is 0 Å². The Labute approximate surface area is 147 Å². The van der Waals surface area contributed by atoms with Gasteiger partial charge in [0.1, 0.15) is 0 Å². The van der Waals surface area contributed by atoms with Gasteiger partial charge in [0.25, 0.3) is 0 Å². The van der Waals surface area contributed by atoms with Crippen LogP contribution in [0.1, 0.15) is 38.0 Å². The summed E-state index contributed by atoms with van der Waals surface area (Å²) in [5.74, 6) is 1.04. The molecule has 0 atom stereocenters. The highest BCUT2D eigenvalue weighted by Crippen LogP contribution is 2.14. The van der Waals surface area contributed by atoms with Crippen molar-refractivity contribution in [3.8, 4) is 11.4 Å². The molecule has 7 nitrogen and oxygen atoms in total. The van der Waals surface area contributed by atoms with E-state index in [2.05, 4.69) is 25.3 Å². The van der Waals surface area contributed by atoms with Gasteiger partial charge in [-0.2, -0.15) is 4.98 Å². The lowest BCUT2D eigenvalue weighted by Gasteiger charge is -2.26. The second-order valence-electron chi connectivity index (χ2n) is 6.35. The van der Waals surface area contributed by atoms with Crippen LogP contribution in [0.2, 0.25) is 0 Å². The monoisotopic (exact) mass is 343 g/mol. The first-order valence-electron chi connectivity index (χ1n) is 9.03. The third-order valence-electron chi connectivity index (χ3n) is 4.39. The van der Waals surface area contributed by atoms with Crippen molar-refractivity contribution >= 4 is 5.91 Å². The fourth-order valence-corrected chi connectivity index (χ4v) is 3.00. The van der Waals surface area contributed by atoms with Crippen LogP contribution in [0.4, 0.5) is 0 Å². The molecule has 2 aromatic heterocycles. The molecule has 0 aliphatic carbocycles. The summed E-state index contributed by atoms with van der Waals surface area (Å²) >= 11 is 0. The number of amides is 1. The van der Waals surface area contributed by atoms with Crippen molar-refractivity contribution in [2.24, 2.45) is 0 Å². The number of nitrogens with zero attached hydrogens (tertiary/aromatic N) is 4. The minimum absolute atomic E-state index is 0.0299. The van der Waals surface area contributed by atoms with Gasteiger partial charge in [0.2, 0.25) is 17.6 Å². The van der Waals surface area contributed by atoms with E-state index in [1.807, 2.05) is 12.1 Å². The maximum atomic E-state index is 11.9. The Morgan fingerprint density at radius 2 is 2.00 bits per heavy atom. The van der Waals surface area contributed by atoms with Gasteiger partial charge in [-0.05, 0) is 51.0 Å². The molecule has 2 aromatic rings. The Balaban J connectivity index is 1.33. The molecule has 0 saturated carbocycles. The first-order chi connectivity index (χ1) is 12.3. The van der Waals surface area contributed by atoms with Gasteiger partial charge in [0, 0.05) is 37.3 Å². The summed E-state index contributed by atoms with van der Waals surface area (Å²) in [6.07, 6.45) is 9.14. The highest BCUT2D eigenvalue weighted by molar-refractivity contribution is 5.75. The van der Waals surface area contributed by atoms with E-state index in [0.29, 0.717) is 24.6 Å². The van der Waals surface area contributed by atoms with E-state index >= 15 is 0 Å². The van der Waals surface area contributed by atoms with Crippen LogP contribution in [-0.4, -0.2) is 52.1 Å². The van der Waals surface area contributed by atoms with Gasteiger partial charge in [-0.15, -0.1) is 0 Å². The molecule has 1 saturated heterocycles. The summed E-state index contributed by atoms with van der Waals surface area (Å²) < 4.78 is 5.21. The van der Waals surface area contributed by atoms with Crippen LogP contribution < -0.4 is 5.32 Å². The number of carbonyl (C=O) groups is 1. The van der Waals surface area contributed by atoms with Crippen LogP contribution in [-0.2, 0) is 11.2 Å². The molecule has 1 fully saturated rings. The standard InChI is InChI=1S/C18H25N5O2/c24-16(20-9-4-14-23-12-2-1-3-13-23)5-6-17-21-18(22-25-17)15-7-10-19-11-8-15/h7-8,10-11H,1-6,9,12-14H2,(H,20,24). The van der Waals surface area contributed by atoms with E-state index in [1.165, 1.54) is 32.4 Å². The molecule has 0 radical (unpaired) electrons. The predicted octanol–water partition coefficient (Wildman–Crippen LogP) is 2.06. The normalized spacial score (nSPS) is 15.2. The number of nitrogens with one attached hydrogen (secondary N) is 1. The number of aryl methyl sites for hydroxylation is 1. The molecule has 0 unspecified atom stereocenters. The number of hydrogen-bond donors (Lipinski definition) is 1. The average Bonchev–Trinajstić information content (AvgIpc) is 3.14. The summed E-state index contributed by atoms with van der Waals surface area (Å²) in [5.41, 5.74) is 0.854. The number of carbonyl (C=O) groups excluding carboxylic acids is 1. The zero-order valence-corrected chi connectivity index (χ0v) is 14.5.